The molecule has 5 nitrogen and oxygen atoms in total. The van der Waals surface area contributed by atoms with Crippen LogP contribution in [0.5, 0.6) is 0 Å². The fraction of sp³-hybridized carbons (Fsp3) is 0.867. The number of carboxylic acids is 1. The molecule has 3 N–H and O–H groups in total. The molecule has 2 aliphatic rings. The van der Waals surface area contributed by atoms with E-state index in [-0.39, 0.29) is 18.6 Å². The van der Waals surface area contributed by atoms with Crippen LogP contribution in [0.25, 0.3) is 0 Å². The maximum Gasteiger partial charge on any atom is 0.315 e. The Morgan fingerprint density at radius 3 is 2.52 bits per heavy atom. The summed E-state index contributed by atoms with van der Waals surface area (Å²) in [5, 5.41) is 15.8. The minimum Gasteiger partial charge on any atom is -0.481 e. The van der Waals surface area contributed by atoms with Gasteiger partial charge in [-0.05, 0) is 31.9 Å². The molecule has 0 aromatic carbocycles. The van der Waals surface area contributed by atoms with Crippen LogP contribution in [-0.4, -0.2) is 41.2 Å². The molecule has 2 atom stereocenters. The number of hydrogen-bond acceptors (Lipinski definition) is 3. The highest BCUT2D eigenvalue weighted by molar-refractivity contribution is 7.99. The minimum absolute atomic E-state index is 0.215. The van der Waals surface area contributed by atoms with Gasteiger partial charge in [0.1, 0.15) is 0 Å². The van der Waals surface area contributed by atoms with Gasteiger partial charge in [-0.2, -0.15) is 11.8 Å². The zero-order chi connectivity index (χ0) is 15.3. The van der Waals surface area contributed by atoms with Crippen molar-refractivity contribution in [3.05, 3.63) is 0 Å². The molecule has 0 aromatic heterocycles. The Morgan fingerprint density at radius 2 is 1.90 bits per heavy atom. The molecular formula is C15H26N2O3S. The van der Waals surface area contributed by atoms with E-state index in [1.54, 1.807) is 11.8 Å². The first-order valence-electron chi connectivity index (χ1n) is 7.88. The SMILES string of the molecule is CSC1CCCC1NC(=O)NCC1(C(=O)O)CCCCC1. The highest BCUT2D eigenvalue weighted by Crippen LogP contribution is 2.36. The maximum absolute atomic E-state index is 12.0. The lowest BCUT2D eigenvalue weighted by Crippen LogP contribution is -2.50. The molecule has 21 heavy (non-hydrogen) atoms. The van der Waals surface area contributed by atoms with E-state index in [1.807, 2.05) is 0 Å². The van der Waals surface area contributed by atoms with Crippen molar-refractivity contribution in [2.24, 2.45) is 5.41 Å². The number of amides is 2. The van der Waals surface area contributed by atoms with Gasteiger partial charge in [-0.15, -0.1) is 0 Å². The normalized spacial score (nSPS) is 28.0. The van der Waals surface area contributed by atoms with Gasteiger partial charge >= 0.3 is 12.0 Å². The molecule has 0 spiro atoms. The molecule has 0 aromatic rings. The summed E-state index contributed by atoms with van der Waals surface area (Å²) in [5.41, 5.74) is -0.760. The number of carbonyl (C=O) groups excluding carboxylic acids is 1. The van der Waals surface area contributed by atoms with Crippen molar-refractivity contribution >= 4 is 23.8 Å². The summed E-state index contributed by atoms with van der Waals surface area (Å²) in [6.45, 7) is 0.241. The van der Waals surface area contributed by atoms with E-state index in [1.165, 1.54) is 0 Å². The molecule has 0 aliphatic heterocycles. The molecule has 2 fully saturated rings. The van der Waals surface area contributed by atoms with Crippen molar-refractivity contribution in [3.8, 4) is 0 Å². The van der Waals surface area contributed by atoms with Gasteiger partial charge in [0.15, 0.2) is 0 Å². The second-order valence-electron chi connectivity index (χ2n) is 6.28. The smallest absolute Gasteiger partial charge is 0.315 e. The monoisotopic (exact) mass is 314 g/mol. The number of rotatable bonds is 5. The quantitative estimate of drug-likeness (QED) is 0.729. The van der Waals surface area contributed by atoms with Crippen LogP contribution in [0.15, 0.2) is 0 Å². The number of nitrogens with one attached hydrogen (secondary N) is 2. The van der Waals surface area contributed by atoms with Crippen molar-refractivity contribution in [3.63, 3.8) is 0 Å². The van der Waals surface area contributed by atoms with Gasteiger partial charge in [-0.3, -0.25) is 4.79 Å². The Morgan fingerprint density at radius 1 is 1.19 bits per heavy atom. The van der Waals surface area contributed by atoms with E-state index in [4.69, 9.17) is 0 Å². The van der Waals surface area contributed by atoms with Crippen LogP contribution in [0, 0.1) is 5.41 Å². The summed E-state index contributed by atoms with van der Waals surface area (Å²) in [6, 6.07) is -0.000664. The number of carbonyl (C=O) groups is 2. The number of hydrogen-bond donors (Lipinski definition) is 3. The fourth-order valence-corrected chi connectivity index (χ4v) is 4.47. The number of carboxylic acid groups (broad SMARTS) is 1. The van der Waals surface area contributed by atoms with Crippen LogP contribution in [0.2, 0.25) is 0 Å². The van der Waals surface area contributed by atoms with E-state index in [0.29, 0.717) is 18.1 Å². The van der Waals surface area contributed by atoms with Crippen LogP contribution in [0.3, 0.4) is 0 Å². The Kier molecular flexibility index (Phi) is 5.79. The second-order valence-corrected chi connectivity index (χ2v) is 7.36. The lowest BCUT2D eigenvalue weighted by Gasteiger charge is -2.33. The molecule has 0 bridgehead atoms. The molecule has 0 radical (unpaired) electrons. The van der Waals surface area contributed by atoms with Gasteiger partial charge in [0, 0.05) is 17.8 Å². The van der Waals surface area contributed by atoms with Gasteiger partial charge in [0.05, 0.1) is 5.41 Å². The van der Waals surface area contributed by atoms with E-state index in [0.717, 1.165) is 38.5 Å². The van der Waals surface area contributed by atoms with Gasteiger partial charge in [0.25, 0.3) is 0 Å². The third-order valence-electron chi connectivity index (χ3n) is 4.92. The van der Waals surface area contributed by atoms with Crippen LogP contribution in [0.1, 0.15) is 51.4 Å². The van der Waals surface area contributed by atoms with Crippen molar-refractivity contribution in [2.45, 2.75) is 62.7 Å². The third-order valence-corrected chi connectivity index (χ3v) is 6.09. The fourth-order valence-electron chi connectivity index (χ4n) is 3.54. The topological polar surface area (TPSA) is 78.4 Å². The van der Waals surface area contributed by atoms with E-state index in [9.17, 15) is 14.7 Å². The average molecular weight is 314 g/mol. The highest BCUT2D eigenvalue weighted by Gasteiger charge is 2.40. The second kappa shape index (κ2) is 7.38. The molecule has 6 heteroatoms. The molecule has 0 saturated heterocycles. The molecular weight excluding hydrogens is 288 g/mol. The molecule has 2 unspecified atom stereocenters. The molecule has 2 aliphatic carbocycles. The van der Waals surface area contributed by atoms with E-state index in [2.05, 4.69) is 16.9 Å². The van der Waals surface area contributed by atoms with E-state index < -0.39 is 11.4 Å². The Bertz CT molecular complexity index is 383. The van der Waals surface area contributed by atoms with Crippen molar-refractivity contribution in [1.82, 2.24) is 10.6 Å². The lowest BCUT2D eigenvalue weighted by atomic mass is 9.74. The summed E-state index contributed by atoms with van der Waals surface area (Å²) in [7, 11) is 0. The lowest BCUT2D eigenvalue weighted by molar-refractivity contribution is -0.150. The first-order chi connectivity index (χ1) is 10.1. The summed E-state index contributed by atoms with van der Waals surface area (Å²) in [6.07, 6.45) is 9.69. The van der Waals surface area contributed by atoms with E-state index >= 15 is 0 Å². The molecule has 0 heterocycles. The number of aliphatic carboxylic acids is 1. The zero-order valence-corrected chi connectivity index (χ0v) is 13.5. The zero-order valence-electron chi connectivity index (χ0n) is 12.7. The summed E-state index contributed by atoms with van der Waals surface area (Å²) >= 11 is 1.80. The van der Waals surface area contributed by atoms with Crippen LogP contribution < -0.4 is 10.6 Å². The average Bonchev–Trinajstić information content (AvgIpc) is 2.93. The molecule has 120 valence electrons. The van der Waals surface area contributed by atoms with Gasteiger partial charge in [0.2, 0.25) is 0 Å². The first kappa shape index (κ1) is 16.5. The van der Waals surface area contributed by atoms with Crippen molar-refractivity contribution in [1.29, 1.82) is 0 Å². The van der Waals surface area contributed by atoms with Crippen LogP contribution in [-0.2, 0) is 4.79 Å². The minimum atomic E-state index is -0.773. The predicted molar refractivity (Wildman–Crippen MR) is 84.6 cm³/mol. The Labute approximate surface area is 130 Å². The Balaban J connectivity index is 1.83. The summed E-state index contributed by atoms with van der Waals surface area (Å²) in [4.78, 5) is 23.6. The number of urea groups is 1. The molecule has 2 amide bonds. The van der Waals surface area contributed by atoms with Gasteiger partial charge in [-0.25, -0.2) is 4.79 Å². The molecule has 2 rings (SSSR count). The van der Waals surface area contributed by atoms with Crippen LogP contribution in [0.4, 0.5) is 4.79 Å². The van der Waals surface area contributed by atoms with Crippen molar-refractivity contribution in [2.75, 3.05) is 12.8 Å². The highest BCUT2D eigenvalue weighted by atomic mass is 32.2. The van der Waals surface area contributed by atoms with Gasteiger partial charge < -0.3 is 15.7 Å². The first-order valence-corrected chi connectivity index (χ1v) is 9.17. The Hall–Kier alpha value is -0.910. The summed E-state index contributed by atoms with van der Waals surface area (Å²) in [5.74, 6) is -0.773. The third kappa shape index (κ3) is 4.05. The standard InChI is InChI=1S/C15H26N2O3S/c1-21-12-7-5-6-11(12)17-14(20)16-10-15(13(18)19)8-3-2-4-9-15/h11-12H,2-10H2,1H3,(H,18,19)(H2,16,17,20). The maximum atomic E-state index is 12.0. The van der Waals surface area contributed by atoms with Crippen LogP contribution >= 0.6 is 11.8 Å². The summed E-state index contributed by atoms with van der Waals surface area (Å²) < 4.78 is 0. The molecule has 2 saturated carbocycles. The number of thioether (sulfide) groups is 1. The van der Waals surface area contributed by atoms with Gasteiger partial charge in [-0.1, -0.05) is 25.7 Å². The largest absolute Gasteiger partial charge is 0.481 e. The predicted octanol–water partition coefficient (Wildman–Crippen LogP) is 2.60. The van der Waals surface area contributed by atoms with Crippen molar-refractivity contribution < 1.29 is 14.7 Å².